The fraction of sp³-hybridized carbons (Fsp3) is 0.438. The molecule has 23 heavy (non-hydrogen) atoms. The van der Waals surface area contributed by atoms with E-state index in [1.807, 2.05) is 20.8 Å². The lowest BCUT2D eigenvalue weighted by Gasteiger charge is -2.08. The lowest BCUT2D eigenvalue weighted by atomic mass is 10.2. The number of H-pyrrole nitrogens is 1. The first-order chi connectivity index (χ1) is 10.9. The van der Waals surface area contributed by atoms with Crippen LogP contribution < -0.4 is 0 Å². The van der Waals surface area contributed by atoms with Crippen LogP contribution in [0.3, 0.4) is 0 Å². The topological polar surface area (TPSA) is 58.1 Å². The van der Waals surface area contributed by atoms with Crippen LogP contribution in [0.25, 0.3) is 0 Å². The molecule has 0 bridgehead atoms. The predicted octanol–water partition coefficient (Wildman–Crippen LogP) is 4.03. The van der Waals surface area contributed by atoms with E-state index in [4.69, 9.17) is 9.84 Å². The van der Waals surface area contributed by atoms with Crippen molar-refractivity contribution < 1.29 is 18.6 Å². The Labute approximate surface area is 138 Å². The molecule has 0 aliphatic heterocycles. The Kier molecular flexibility index (Phi) is 6.15. The number of aliphatic hydroxyl groups is 1. The summed E-state index contributed by atoms with van der Waals surface area (Å²) in [6.45, 7) is 6.00. The molecule has 1 unspecified atom stereocenters. The third-order valence-electron chi connectivity index (χ3n) is 3.19. The zero-order chi connectivity index (χ0) is 17.0. The predicted molar refractivity (Wildman–Crippen MR) is 84.6 cm³/mol. The average molecular weight is 342 g/mol. The Balaban J connectivity index is 2.27. The monoisotopic (exact) mass is 342 g/mol. The van der Waals surface area contributed by atoms with Gasteiger partial charge in [-0.05, 0) is 25.0 Å². The maximum absolute atomic E-state index is 13.3. The largest absolute Gasteiger partial charge is 0.394 e. The van der Waals surface area contributed by atoms with Gasteiger partial charge in [0, 0.05) is 11.0 Å². The molecule has 0 amide bonds. The molecule has 7 heteroatoms. The minimum Gasteiger partial charge on any atom is -0.394 e. The molecule has 126 valence electrons. The average Bonchev–Trinajstić information content (AvgIpc) is 2.87. The van der Waals surface area contributed by atoms with Crippen LogP contribution in [0.15, 0.2) is 28.1 Å². The molecule has 0 aliphatic carbocycles. The lowest BCUT2D eigenvalue weighted by Crippen LogP contribution is -2.06. The van der Waals surface area contributed by atoms with E-state index in [0.29, 0.717) is 15.7 Å². The maximum atomic E-state index is 13.3. The molecule has 1 aromatic carbocycles. The number of nitrogens with zero attached hydrogens (tertiary/aromatic N) is 1. The highest BCUT2D eigenvalue weighted by atomic mass is 32.2. The van der Waals surface area contributed by atoms with Crippen molar-refractivity contribution in [3.63, 3.8) is 0 Å². The first-order valence-corrected chi connectivity index (χ1v) is 8.18. The fourth-order valence-electron chi connectivity index (χ4n) is 2.06. The number of aromatic amines is 1. The SMILES string of the molecule is CC(C)c1[nH]c(C(C)OCCO)nc1Sc1cc(F)cc(F)c1. The summed E-state index contributed by atoms with van der Waals surface area (Å²) in [7, 11) is 0. The van der Waals surface area contributed by atoms with Gasteiger partial charge in [0.1, 0.15) is 28.6 Å². The molecule has 2 N–H and O–H groups in total. The summed E-state index contributed by atoms with van der Waals surface area (Å²) in [5.74, 6) is -0.438. The second-order valence-corrected chi connectivity index (χ2v) is 6.50. The van der Waals surface area contributed by atoms with Gasteiger partial charge in [-0.3, -0.25) is 0 Å². The van der Waals surface area contributed by atoms with Crippen LogP contribution in [-0.4, -0.2) is 28.3 Å². The second kappa shape index (κ2) is 7.90. The van der Waals surface area contributed by atoms with Crippen LogP contribution in [0.4, 0.5) is 8.78 Å². The maximum Gasteiger partial charge on any atom is 0.136 e. The molecular formula is C16H20F2N2O2S. The summed E-state index contributed by atoms with van der Waals surface area (Å²) < 4.78 is 32.1. The second-order valence-electron chi connectivity index (χ2n) is 5.44. The lowest BCUT2D eigenvalue weighted by molar-refractivity contribution is 0.0340. The number of aliphatic hydroxyl groups excluding tert-OH is 1. The molecule has 0 saturated heterocycles. The summed E-state index contributed by atoms with van der Waals surface area (Å²) in [5, 5.41) is 9.49. The third kappa shape index (κ3) is 4.76. The van der Waals surface area contributed by atoms with Crippen molar-refractivity contribution in [2.24, 2.45) is 0 Å². The summed E-state index contributed by atoms with van der Waals surface area (Å²) in [4.78, 5) is 8.16. The first kappa shape index (κ1) is 17.9. The Bertz CT molecular complexity index is 641. The number of hydrogen-bond acceptors (Lipinski definition) is 4. The van der Waals surface area contributed by atoms with Gasteiger partial charge in [0.2, 0.25) is 0 Å². The van der Waals surface area contributed by atoms with Crippen LogP contribution in [0.5, 0.6) is 0 Å². The van der Waals surface area contributed by atoms with E-state index in [-0.39, 0.29) is 25.2 Å². The Morgan fingerprint density at radius 2 is 1.87 bits per heavy atom. The van der Waals surface area contributed by atoms with Gasteiger partial charge in [0.05, 0.1) is 18.9 Å². The number of ether oxygens (including phenoxy) is 1. The van der Waals surface area contributed by atoms with Crippen molar-refractivity contribution in [1.29, 1.82) is 0 Å². The van der Waals surface area contributed by atoms with E-state index in [1.54, 1.807) is 0 Å². The number of hydrogen-bond donors (Lipinski definition) is 2. The third-order valence-corrected chi connectivity index (χ3v) is 4.16. The number of benzene rings is 1. The van der Waals surface area contributed by atoms with Crippen LogP contribution >= 0.6 is 11.8 Å². The van der Waals surface area contributed by atoms with Crippen LogP contribution in [-0.2, 0) is 4.74 Å². The van der Waals surface area contributed by atoms with Gasteiger partial charge < -0.3 is 14.8 Å². The molecule has 0 radical (unpaired) electrons. The standard InChI is InChI=1S/C16H20F2N2O2S/c1-9(2)14-16(20-15(19-14)10(3)22-5-4-21)23-13-7-11(17)6-12(18)8-13/h6-10,21H,4-5H2,1-3H3,(H,19,20). The zero-order valence-corrected chi connectivity index (χ0v) is 14.1. The molecule has 0 fully saturated rings. The van der Waals surface area contributed by atoms with Crippen LogP contribution in [0.1, 0.15) is 44.3 Å². The molecule has 0 aliphatic rings. The first-order valence-electron chi connectivity index (χ1n) is 7.37. The molecule has 4 nitrogen and oxygen atoms in total. The van der Waals surface area contributed by atoms with Gasteiger partial charge >= 0.3 is 0 Å². The van der Waals surface area contributed by atoms with Crippen molar-refractivity contribution in [1.82, 2.24) is 9.97 Å². The quantitative estimate of drug-likeness (QED) is 0.797. The number of imidazole rings is 1. The fourth-order valence-corrected chi connectivity index (χ4v) is 3.17. The molecule has 1 heterocycles. The Morgan fingerprint density at radius 3 is 2.43 bits per heavy atom. The number of nitrogens with one attached hydrogen (secondary N) is 1. The molecular weight excluding hydrogens is 322 g/mol. The summed E-state index contributed by atoms with van der Waals surface area (Å²) >= 11 is 1.21. The van der Waals surface area contributed by atoms with Crippen molar-refractivity contribution in [2.75, 3.05) is 13.2 Å². The highest BCUT2D eigenvalue weighted by Gasteiger charge is 2.19. The Hall–Kier alpha value is -1.44. The normalized spacial score (nSPS) is 12.8. The summed E-state index contributed by atoms with van der Waals surface area (Å²) in [6, 6.07) is 3.39. The van der Waals surface area contributed by atoms with E-state index in [0.717, 1.165) is 11.8 Å². The van der Waals surface area contributed by atoms with Gasteiger partial charge in [0.25, 0.3) is 0 Å². The van der Waals surface area contributed by atoms with Crippen molar-refractivity contribution >= 4 is 11.8 Å². The van der Waals surface area contributed by atoms with Gasteiger partial charge in [0.15, 0.2) is 0 Å². The summed E-state index contributed by atoms with van der Waals surface area (Å²) in [5.41, 5.74) is 0.883. The van der Waals surface area contributed by atoms with Crippen LogP contribution in [0, 0.1) is 11.6 Å². The highest BCUT2D eigenvalue weighted by molar-refractivity contribution is 7.99. The van der Waals surface area contributed by atoms with E-state index >= 15 is 0 Å². The molecule has 0 spiro atoms. The van der Waals surface area contributed by atoms with Crippen molar-refractivity contribution in [3.05, 3.63) is 41.4 Å². The zero-order valence-electron chi connectivity index (χ0n) is 13.3. The summed E-state index contributed by atoms with van der Waals surface area (Å²) in [6.07, 6.45) is -0.307. The number of halogens is 2. The van der Waals surface area contributed by atoms with E-state index in [1.165, 1.54) is 23.9 Å². The minimum absolute atomic E-state index is 0.0632. The van der Waals surface area contributed by atoms with E-state index < -0.39 is 11.6 Å². The van der Waals surface area contributed by atoms with Crippen LogP contribution in [0.2, 0.25) is 0 Å². The molecule has 1 atom stereocenters. The minimum atomic E-state index is -0.617. The van der Waals surface area contributed by atoms with Gasteiger partial charge in [-0.2, -0.15) is 0 Å². The Morgan fingerprint density at radius 1 is 1.22 bits per heavy atom. The molecule has 1 aromatic heterocycles. The number of aromatic nitrogens is 2. The van der Waals surface area contributed by atoms with Gasteiger partial charge in [-0.15, -0.1) is 0 Å². The molecule has 2 rings (SSSR count). The smallest absolute Gasteiger partial charge is 0.136 e. The van der Waals surface area contributed by atoms with Crippen molar-refractivity contribution in [2.45, 2.75) is 42.7 Å². The van der Waals surface area contributed by atoms with E-state index in [9.17, 15) is 8.78 Å². The molecule has 2 aromatic rings. The molecule has 0 saturated carbocycles. The van der Waals surface area contributed by atoms with Gasteiger partial charge in [-0.1, -0.05) is 25.6 Å². The van der Waals surface area contributed by atoms with Gasteiger partial charge in [-0.25, -0.2) is 13.8 Å². The van der Waals surface area contributed by atoms with E-state index in [2.05, 4.69) is 9.97 Å². The number of rotatable bonds is 7. The van der Waals surface area contributed by atoms with Crippen molar-refractivity contribution in [3.8, 4) is 0 Å². The highest BCUT2D eigenvalue weighted by Crippen LogP contribution is 2.34.